The van der Waals surface area contributed by atoms with E-state index in [0.29, 0.717) is 49.0 Å². The topological polar surface area (TPSA) is 116 Å². The van der Waals surface area contributed by atoms with Crippen molar-refractivity contribution < 1.29 is 34.7 Å². The molecular formula is C27H38O7. The predicted octanol–water partition coefficient (Wildman–Crippen LogP) is 4.79. The van der Waals surface area contributed by atoms with E-state index in [1.807, 2.05) is 6.92 Å². The Balaban J connectivity index is 1.68. The monoisotopic (exact) mass is 474 g/mol. The van der Waals surface area contributed by atoms with Crippen LogP contribution < -0.4 is 4.74 Å². The van der Waals surface area contributed by atoms with Gasteiger partial charge in [0, 0.05) is 22.5 Å². The molecule has 1 unspecified atom stereocenters. The number of rotatable bonds is 5. The lowest BCUT2D eigenvalue weighted by Gasteiger charge is -2.60. The molecule has 1 saturated carbocycles. The van der Waals surface area contributed by atoms with Gasteiger partial charge in [0.2, 0.25) is 0 Å². The highest BCUT2D eigenvalue weighted by Crippen LogP contribution is 2.60. The molecule has 0 aromatic heterocycles. The van der Waals surface area contributed by atoms with Gasteiger partial charge in [-0.3, -0.25) is 0 Å². The Bertz CT molecular complexity index is 1010. The highest BCUT2D eigenvalue weighted by atomic mass is 16.5. The van der Waals surface area contributed by atoms with E-state index in [2.05, 4.69) is 26.8 Å². The minimum atomic E-state index is -1.94. The van der Waals surface area contributed by atoms with Crippen LogP contribution in [0.2, 0.25) is 0 Å². The Kier molecular flexibility index (Phi) is 6.18. The van der Waals surface area contributed by atoms with Crippen LogP contribution in [0.1, 0.15) is 84.3 Å². The number of unbranched alkanes of at least 4 members (excludes halogenated alkanes) is 1. The van der Waals surface area contributed by atoms with Crippen molar-refractivity contribution in [3.8, 4) is 17.2 Å². The number of hydrogen-bond acceptors (Lipinski definition) is 6. The van der Waals surface area contributed by atoms with E-state index in [-0.39, 0.29) is 28.9 Å². The van der Waals surface area contributed by atoms with E-state index >= 15 is 0 Å². The molecule has 6 atom stereocenters. The first-order valence-electron chi connectivity index (χ1n) is 12.4. The van der Waals surface area contributed by atoms with Gasteiger partial charge in [-0.25, -0.2) is 4.79 Å². The number of ether oxygens (including phenoxy) is 2. The minimum Gasteiger partial charge on any atom is -0.508 e. The molecule has 2 heterocycles. The number of phenols is 2. The fourth-order valence-corrected chi connectivity index (χ4v) is 6.42. The number of carbonyl (C=O) groups is 1. The van der Waals surface area contributed by atoms with E-state index in [4.69, 9.17) is 9.47 Å². The molecule has 7 heteroatoms. The molecule has 34 heavy (non-hydrogen) atoms. The molecule has 0 radical (unpaired) electrons. The summed E-state index contributed by atoms with van der Waals surface area (Å²) in [5, 5.41) is 42.0. The average Bonchev–Trinajstić information content (AvgIpc) is 2.78. The summed E-state index contributed by atoms with van der Waals surface area (Å²) in [7, 11) is 0. The number of aromatic hydroxyl groups is 2. The summed E-state index contributed by atoms with van der Waals surface area (Å²) in [4.78, 5) is 11.6. The highest BCUT2D eigenvalue weighted by Gasteiger charge is 2.61. The third kappa shape index (κ3) is 3.77. The van der Waals surface area contributed by atoms with E-state index in [0.717, 1.165) is 18.4 Å². The van der Waals surface area contributed by atoms with E-state index in [1.165, 1.54) is 6.92 Å². The zero-order chi connectivity index (χ0) is 25.1. The van der Waals surface area contributed by atoms with Gasteiger partial charge in [0.05, 0.1) is 12.2 Å². The molecule has 188 valence electrons. The second-order valence-corrected chi connectivity index (χ2v) is 11.1. The van der Waals surface area contributed by atoms with E-state index in [1.54, 1.807) is 6.07 Å². The van der Waals surface area contributed by atoms with Crippen molar-refractivity contribution in [2.75, 3.05) is 0 Å². The molecule has 1 aliphatic carbocycles. The van der Waals surface area contributed by atoms with Crippen LogP contribution in [-0.4, -0.2) is 49.8 Å². The first kappa shape index (κ1) is 24.9. The van der Waals surface area contributed by atoms with Crippen LogP contribution in [0.15, 0.2) is 12.1 Å². The zero-order valence-corrected chi connectivity index (χ0v) is 20.9. The van der Waals surface area contributed by atoms with Gasteiger partial charge in [-0.2, -0.15) is 0 Å². The molecule has 0 amide bonds. The normalized spacial score (nSPS) is 34.8. The van der Waals surface area contributed by atoms with Crippen molar-refractivity contribution in [2.24, 2.45) is 11.3 Å². The maximum atomic E-state index is 11.6. The van der Waals surface area contributed by atoms with Crippen molar-refractivity contribution in [3.63, 3.8) is 0 Å². The highest BCUT2D eigenvalue weighted by molar-refractivity contribution is 5.77. The van der Waals surface area contributed by atoms with Gasteiger partial charge in [-0.1, -0.05) is 26.3 Å². The lowest BCUT2D eigenvalue weighted by atomic mass is 9.54. The Hall–Kier alpha value is -2.25. The summed E-state index contributed by atoms with van der Waals surface area (Å²) in [5.41, 5.74) is -0.733. The molecule has 3 aliphatic rings. The SMILES string of the molecule is CCC/C=C(\C)c1cc(O)c2c(c1O)O[C@]1(C)CC[C@H]3O[C@@H](C(C)(O)C(=O)O)CC[C@]3(C)[C@H]1C2. The number of carboxylic acids is 1. The molecule has 1 aromatic rings. The summed E-state index contributed by atoms with van der Waals surface area (Å²) in [6.07, 6.45) is 5.88. The first-order valence-corrected chi connectivity index (χ1v) is 12.4. The molecule has 0 spiro atoms. The Morgan fingerprint density at radius 3 is 2.62 bits per heavy atom. The van der Waals surface area contributed by atoms with Crippen LogP contribution >= 0.6 is 0 Å². The molecule has 1 saturated heterocycles. The van der Waals surface area contributed by atoms with Gasteiger partial charge in [0.15, 0.2) is 17.1 Å². The van der Waals surface area contributed by atoms with Crippen LogP contribution in [0.3, 0.4) is 0 Å². The van der Waals surface area contributed by atoms with Crippen LogP contribution in [0.4, 0.5) is 0 Å². The molecule has 2 fully saturated rings. The summed E-state index contributed by atoms with van der Waals surface area (Å²) >= 11 is 0. The smallest absolute Gasteiger partial charge is 0.338 e. The second-order valence-electron chi connectivity index (χ2n) is 11.1. The van der Waals surface area contributed by atoms with Gasteiger partial charge in [-0.05, 0) is 70.9 Å². The Labute approximate surface area is 201 Å². The van der Waals surface area contributed by atoms with Crippen LogP contribution in [0.25, 0.3) is 5.57 Å². The molecular weight excluding hydrogens is 436 g/mol. The van der Waals surface area contributed by atoms with E-state index in [9.17, 15) is 25.2 Å². The fourth-order valence-electron chi connectivity index (χ4n) is 6.42. The summed E-state index contributed by atoms with van der Waals surface area (Å²) < 4.78 is 12.8. The molecule has 2 aliphatic heterocycles. The molecule has 4 rings (SSSR count). The number of phenolic OH excluding ortho intramolecular Hbond substituents is 2. The number of aliphatic hydroxyl groups is 1. The zero-order valence-electron chi connectivity index (χ0n) is 20.9. The van der Waals surface area contributed by atoms with Crippen LogP contribution in [0, 0.1) is 11.3 Å². The first-order chi connectivity index (χ1) is 15.8. The molecule has 7 nitrogen and oxygen atoms in total. The average molecular weight is 475 g/mol. The number of carboxylic acid groups (broad SMARTS) is 1. The van der Waals surface area contributed by atoms with Gasteiger partial charge >= 0.3 is 5.97 Å². The third-order valence-corrected chi connectivity index (χ3v) is 8.75. The number of hydrogen-bond donors (Lipinski definition) is 4. The Morgan fingerprint density at radius 2 is 1.97 bits per heavy atom. The summed E-state index contributed by atoms with van der Waals surface area (Å²) in [5.74, 6) is -0.736. The minimum absolute atomic E-state index is 0.00476. The van der Waals surface area contributed by atoms with Crippen molar-refractivity contribution in [3.05, 3.63) is 23.3 Å². The molecule has 4 N–H and O–H groups in total. The number of aliphatic carboxylic acids is 1. The second kappa shape index (κ2) is 8.45. The van der Waals surface area contributed by atoms with Gasteiger partial charge in [-0.15, -0.1) is 0 Å². The van der Waals surface area contributed by atoms with Crippen molar-refractivity contribution >= 4 is 11.5 Å². The lowest BCUT2D eigenvalue weighted by molar-refractivity contribution is -0.242. The van der Waals surface area contributed by atoms with Crippen molar-refractivity contribution in [2.45, 2.75) is 103 Å². The fraction of sp³-hybridized carbons (Fsp3) is 0.667. The maximum Gasteiger partial charge on any atom is 0.338 e. The van der Waals surface area contributed by atoms with E-state index < -0.39 is 23.3 Å². The van der Waals surface area contributed by atoms with Gasteiger partial charge in [0.25, 0.3) is 0 Å². The van der Waals surface area contributed by atoms with Gasteiger partial charge < -0.3 is 29.9 Å². The predicted molar refractivity (Wildman–Crippen MR) is 128 cm³/mol. The van der Waals surface area contributed by atoms with Crippen LogP contribution in [0.5, 0.6) is 17.2 Å². The largest absolute Gasteiger partial charge is 0.508 e. The number of benzene rings is 1. The summed E-state index contributed by atoms with van der Waals surface area (Å²) in [6.45, 7) is 9.52. The third-order valence-electron chi connectivity index (χ3n) is 8.75. The summed E-state index contributed by atoms with van der Waals surface area (Å²) in [6, 6.07) is 1.63. The lowest BCUT2D eigenvalue weighted by Crippen LogP contribution is -2.64. The number of fused-ring (bicyclic) bond motifs is 4. The van der Waals surface area contributed by atoms with Crippen molar-refractivity contribution in [1.82, 2.24) is 0 Å². The van der Waals surface area contributed by atoms with Gasteiger partial charge in [0.1, 0.15) is 11.4 Å². The Morgan fingerprint density at radius 1 is 1.26 bits per heavy atom. The van der Waals surface area contributed by atoms with Crippen LogP contribution in [-0.2, 0) is 16.0 Å². The maximum absolute atomic E-state index is 11.6. The standard InChI is InChI=1S/C27H38O7/c1-6-7-8-15(2)16-13-18(28)17-14-19-25(3)11-9-21(27(5,32)24(30)31)33-20(25)10-12-26(19,4)34-23(17)22(16)29/h8,13,19-21,28-29,32H,6-7,9-12,14H2,1-5H3,(H,30,31)/b15-8+/t19-,20-,21-,25-,26-,27?/m1/s1. The number of allylic oxidation sites excluding steroid dienone is 2. The quantitative estimate of drug-likeness (QED) is 0.453. The molecule has 1 aromatic carbocycles. The molecule has 0 bridgehead atoms. The van der Waals surface area contributed by atoms with Crippen molar-refractivity contribution in [1.29, 1.82) is 0 Å².